The summed E-state index contributed by atoms with van der Waals surface area (Å²) in [6, 6.07) is 9.48. The van der Waals surface area contributed by atoms with Gasteiger partial charge in [0.25, 0.3) is 5.91 Å². The number of anilines is 1. The smallest absolute Gasteiger partial charge is 0.408 e. The van der Waals surface area contributed by atoms with Gasteiger partial charge in [-0.1, -0.05) is 47.5 Å². The minimum Gasteiger partial charge on any atom is -0.444 e. The summed E-state index contributed by atoms with van der Waals surface area (Å²) in [7, 11) is 0. The number of alkyl carbamates (subject to hydrolysis) is 1. The van der Waals surface area contributed by atoms with E-state index >= 15 is 0 Å². The second kappa shape index (κ2) is 13.1. The van der Waals surface area contributed by atoms with Crippen LogP contribution in [0.3, 0.4) is 0 Å². The number of amides is 3. The molecule has 3 amide bonds. The molecule has 2 aromatic carbocycles. The molecule has 1 aliphatic rings. The molecule has 0 spiro atoms. The van der Waals surface area contributed by atoms with Crippen LogP contribution in [0, 0.1) is 20.8 Å². The topological polar surface area (TPSA) is 87.7 Å². The molecule has 2 N–H and O–H groups in total. The van der Waals surface area contributed by atoms with Crippen molar-refractivity contribution in [1.29, 1.82) is 0 Å². The van der Waals surface area contributed by atoms with Crippen LogP contribution in [-0.2, 0) is 14.3 Å². The number of para-hydroxylation sites is 1. The SMILES string of the molecule is CSCCC(NC(=O)OC(C)(C)C)C(=O)N(C1CC1)C(C(=O)Nc1c(C)cccc1Cl)c1cc(C)ccc1C. The van der Waals surface area contributed by atoms with Gasteiger partial charge in [-0.3, -0.25) is 9.59 Å². The highest BCUT2D eigenvalue weighted by molar-refractivity contribution is 7.98. The standard InChI is InChI=1S/C30H40ClN3O4S/c1-18-11-12-19(2)22(17-18)26(27(35)33-25-20(3)9-8-10-23(25)31)34(21-13-14-21)28(36)24(15-16-39-7)32-29(37)38-30(4,5)6/h8-12,17,21,24,26H,13-16H2,1-7H3,(H,32,37)(H,33,35). The second-order valence-corrected chi connectivity index (χ2v) is 12.5. The third kappa shape index (κ3) is 8.39. The molecule has 39 heavy (non-hydrogen) atoms. The van der Waals surface area contributed by atoms with Crippen molar-refractivity contribution in [3.63, 3.8) is 0 Å². The largest absolute Gasteiger partial charge is 0.444 e. The average molecular weight is 574 g/mol. The summed E-state index contributed by atoms with van der Waals surface area (Å²) in [5, 5.41) is 6.23. The monoisotopic (exact) mass is 573 g/mol. The minimum absolute atomic E-state index is 0.113. The van der Waals surface area contributed by atoms with Gasteiger partial charge in [0.1, 0.15) is 17.7 Å². The molecule has 0 aliphatic heterocycles. The molecular formula is C30H40ClN3O4S. The molecule has 1 saturated carbocycles. The van der Waals surface area contributed by atoms with Gasteiger partial charge in [0.2, 0.25) is 5.91 Å². The Hall–Kier alpha value is -2.71. The highest BCUT2D eigenvalue weighted by Gasteiger charge is 2.44. The number of halogens is 1. The third-order valence-electron chi connectivity index (χ3n) is 6.52. The van der Waals surface area contributed by atoms with E-state index in [1.807, 2.05) is 57.4 Å². The van der Waals surface area contributed by atoms with E-state index in [4.69, 9.17) is 16.3 Å². The van der Waals surface area contributed by atoms with Crippen molar-refractivity contribution >= 4 is 47.0 Å². The van der Waals surface area contributed by atoms with Gasteiger partial charge >= 0.3 is 6.09 Å². The summed E-state index contributed by atoms with van der Waals surface area (Å²) in [4.78, 5) is 42.8. The van der Waals surface area contributed by atoms with Crippen molar-refractivity contribution in [3.8, 4) is 0 Å². The van der Waals surface area contributed by atoms with Crippen molar-refractivity contribution < 1.29 is 19.1 Å². The second-order valence-electron chi connectivity index (χ2n) is 11.1. The maximum absolute atomic E-state index is 14.3. The van der Waals surface area contributed by atoms with Crippen molar-refractivity contribution in [3.05, 3.63) is 63.7 Å². The number of carbonyl (C=O) groups is 3. The van der Waals surface area contributed by atoms with Crippen LogP contribution < -0.4 is 10.6 Å². The quantitative estimate of drug-likeness (QED) is 0.335. The Bertz CT molecular complexity index is 1190. The number of benzene rings is 2. The summed E-state index contributed by atoms with van der Waals surface area (Å²) in [6.07, 6.45) is 3.27. The Morgan fingerprint density at radius 3 is 2.38 bits per heavy atom. The van der Waals surface area contributed by atoms with E-state index in [1.165, 1.54) is 0 Å². The van der Waals surface area contributed by atoms with Crippen LogP contribution in [0.25, 0.3) is 0 Å². The van der Waals surface area contributed by atoms with Crippen molar-refractivity contribution in [2.75, 3.05) is 17.3 Å². The Morgan fingerprint density at radius 2 is 1.79 bits per heavy atom. The molecule has 1 fully saturated rings. The molecule has 2 atom stereocenters. The van der Waals surface area contributed by atoms with Crippen molar-refractivity contribution in [2.45, 2.75) is 84.5 Å². The zero-order valence-electron chi connectivity index (χ0n) is 23.9. The molecule has 0 saturated heterocycles. The maximum atomic E-state index is 14.3. The molecule has 3 rings (SSSR count). The van der Waals surface area contributed by atoms with E-state index in [0.717, 1.165) is 35.1 Å². The van der Waals surface area contributed by atoms with Crippen LogP contribution >= 0.6 is 23.4 Å². The summed E-state index contributed by atoms with van der Waals surface area (Å²) in [5.74, 6) is 0.0134. The molecular weight excluding hydrogens is 534 g/mol. The average Bonchev–Trinajstić information content (AvgIpc) is 3.67. The van der Waals surface area contributed by atoms with Gasteiger partial charge in [-0.15, -0.1) is 0 Å². The molecule has 9 heteroatoms. The fourth-order valence-electron chi connectivity index (χ4n) is 4.45. The van der Waals surface area contributed by atoms with Crippen LogP contribution in [0.2, 0.25) is 5.02 Å². The fraction of sp³-hybridized carbons (Fsp3) is 0.500. The Kier molecular flexibility index (Phi) is 10.4. The molecule has 7 nitrogen and oxygen atoms in total. The maximum Gasteiger partial charge on any atom is 0.408 e. The lowest BCUT2D eigenvalue weighted by atomic mass is 9.95. The Labute approximate surface area is 241 Å². The molecule has 212 valence electrons. The summed E-state index contributed by atoms with van der Waals surface area (Å²) in [6.45, 7) is 11.1. The van der Waals surface area contributed by atoms with Gasteiger partial charge in [0.05, 0.1) is 10.7 Å². The minimum atomic E-state index is -0.905. The van der Waals surface area contributed by atoms with Gasteiger partial charge < -0.3 is 20.3 Å². The number of ether oxygens (including phenoxy) is 1. The summed E-state index contributed by atoms with van der Waals surface area (Å²) in [5.41, 5.74) is 3.27. The normalized spacial score (nSPS) is 14.8. The van der Waals surface area contributed by atoms with E-state index in [-0.39, 0.29) is 17.9 Å². The zero-order valence-corrected chi connectivity index (χ0v) is 25.5. The number of thioether (sulfide) groups is 1. The number of nitrogens with one attached hydrogen (secondary N) is 2. The molecule has 0 aromatic heterocycles. The van der Waals surface area contributed by atoms with Crippen LogP contribution in [0.1, 0.15) is 68.3 Å². The first-order valence-corrected chi connectivity index (χ1v) is 15.0. The van der Waals surface area contributed by atoms with E-state index in [1.54, 1.807) is 43.5 Å². The van der Waals surface area contributed by atoms with Crippen LogP contribution in [-0.4, -0.2) is 52.5 Å². The first-order chi connectivity index (χ1) is 18.3. The lowest BCUT2D eigenvalue weighted by Gasteiger charge is -2.35. The zero-order chi connectivity index (χ0) is 28.9. The van der Waals surface area contributed by atoms with Gasteiger partial charge in [0, 0.05) is 6.04 Å². The molecule has 2 aromatic rings. The number of hydrogen-bond acceptors (Lipinski definition) is 5. The molecule has 2 unspecified atom stereocenters. The predicted octanol–water partition coefficient (Wildman–Crippen LogP) is 6.58. The van der Waals surface area contributed by atoms with Gasteiger partial charge in [-0.25, -0.2) is 4.79 Å². The fourth-order valence-corrected chi connectivity index (χ4v) is 5.19. The van der Waals surface area contributed by atoms with Gasteiger partial charge in [0.15, 0.2) is 0 Å². The molecule has 1 aliphatic carbocycles. The van der Waals surface area contributed by atoms with Crippen LogP contribution in [0.4, 0.5) is 10.5 Å². The number of rotatable bonds is 10. The van der Waals surface area contributed by atoms with E-state index < -0.39 is 23.8 Å². The Balaban J connectivity index is 2.05. The van der Waals surface area contributed by atoms with E-state index in [2.05, 4.69) is 10.6 Å². The Morgan fingerprint density at radius 1 is 1.10 bits per heavy atom. The summed E-state index contributed by atoms with van der Waals surface area (Å²) < 4.78 is 5.47. The lowest BCUT2D eigenvalue weighted by Crippen LogP contribution is -2.53. The number of hydrogen-bond donors (Lipinski definition) is 2. The first kappa shape index (κ1) is 30.8. The van der Waals surface area contributed by atoms with Crippen molar-refractivity contribution in [1.82, 2.24) is 10.2 Å². The highest BCUT2D eigenvalue weighted by Crippen LogP contribution is 2.38. The van der Waals surface area contributed by atoms with E-state index in [0.29, 0.717) is 22.9 Å². The third-order valence-corrected chi connectivity index (χ3v) is 7.48. The molecule has 0 radical (unpaired) electrons. The predicted molar refractivity (Wildman–Crippen MR) is 160 cm³/mol. The lowest BCUT2D eigenvalue weighted by molar-refractivity contribution is -0.141. The molecule has 0 heterocycles. The van der Waals surface area contributed by atoms with Crippen LogP contribution in [0.5, 0.6) is 0 Å². The highest BCUT2D eigenvalue weighted by atomic mass is 35.5. The number of carbonyl (C=O) groups excluding carboxylic acids is 3. The first-order valence-electron chi connectivity index (χ1n) is 13.3. The van der Waals surface area contributed by atoms with Crippen molar-refractivity contribution in [2.24, 2.45) is 0 Å². The summed E-state index contributed by atoms with van der Waals surface area (Å²) >= 11 is 8.04. The van der Waals surface area contributed by atoms with Gasteiger partial charge in [-0.2, -0.15) is 11.8 Å². The number of aryl methyl sites for hydroxylation is 3. The van der Waals surface area contributed by atoms with Crippen LogP contribution in [0.15, 0.2) is 36.4 Å². The molecule has 0 bridgehead atoms. The van der Waals surface area contributed by atoms with Gasteiger partial charge in [-0.05, 0) is 95.6 Å². The van der Waals surface area contributed by atoms with E-state index in [9.17, 15) is 14.4 Å². The number of nitrogens with zero attached hydrogens (tertiary/aromatic N) is 1.